The maximum atomic E-state index is 12.7. The Bertz CT molecular complexity index is 927. The zero-order valence-electron chi connectivity index (χ0n) is 13.7. The van der Waals surface area contributed by atoms with Crippen LogP contribution in [0.3, 0.4) is 0 Å². The number of nitrogens with zero attached hydrogens (tertiary/aromatic N) is 3. The molecule has 2 heterocycles. The van der Waals surface area contributed by atoms with Crippen molar-refractivity contribution >= 4 is 46.2 Å². The molecule has 136 valence electrons. The molecule has 0 saturated heterocycles. The zero-order valence-corrected chi connectivity index (χ0v) is 15.4. The summed E-state index contributed by atoms with van der Waals surface area (Å²) in [7, 11) is 2.41. The number of rotatable bonds is 5. The monoisotopic (exact) mass is 394 g/mol. The fourth-order valence-corrected chi connectivity index (χ4v) is 3.42. The van der Waals surface area contributed by atoms with Crippen LogP contribution in [0.1, 0.15) is 11.7 Å². The van der Waals surface area contributed by atoms with Gasteiger partial charge in [0.05, 0.1) is 30.1 Å². The standard InChI is InChI=1S/C15H14N4O5S2/c1-22-15(21)19(23-2)12(8-6-7-16-18-8)13(20)24-14-17-11-9(25)4-3-5-10(11)26-14/h3-7,12,25H,1-2H3,(H,16,18). The number of amides is 1. The second-order valence-electron chi connectivity index (χ2n) is 4.92. The molecule has 3 aromatic rings. The fraction of sp³-hybridized carbons (Fsp3) is 0.200. The summed E-state index contributed by atoms with van der Waals surface area (Å²) < 4.78 is 10.8. The number of para-hydroxylation sites is 1. The van der Waals surface area contributed by atoms with Crippen molar-refractivity contribution in [2.75, 3.05) is 14.2 Å². The number of nitrogens with one attached hydrogen (secondary N) is 1. The molecule has 0 bridgehead atoms. The highest BCUT2D eigenvalue weighted by Crippen LogP contribution is 2.32. The van der Waals surface area contributed by atoms with Crippen LogP contribution >= 0.6 is 24.0 Å². The van der Waals surface area contributed by atoms with Crippen LogP contribution in [0.2, 0.25) is 0 Å². The maximum absolute atomic E-state index is 12.7. The molecule has 0 radical (unpaired) electrons. The molecule has 1 N–H and O–H groups in total. The van der Waals surface area contributed by atoms with Crippen LogP contribution in [0.15, 0.2) is 35.4 Å². The van der Waals surface area contributed by atoms with E-state index in [1.54, 1.807) is 6.07 Å². The van der Waals surface area contributed by atoms with Crippen molar-refractivity contribution in [2.24, 2.45) is 0 Å². The van der Waals surface area contributed by atoms with Gasteiger partial charge in [0, 0.05) is 11.1 Å². The Morgan fingerprint density at radius 2 is 2.12 bits per heavy atom. The first-order valence-electron chi connectivity index (χ1n) is 7.26. The lowest BCUT2D eigenvalue weighted by Crippen LogP contribution is -2.40. The molecule has 26 heavy (non-hydrogen) atoms. The molecule has 0 fully saturated rings. The number of thiazole rings is 1. The number of H-pyrrole nitrogens is 1. The number of ether oxygens (including phenoxy) is 2. The highest BCUT2D eigenvalue weighted by atomic mass is 32.1. The molecule has 0 aliphatic rings. The number of hydrogen-bond acceptors (Lipinski definition) is 9. The van der Waals surface area contributed by atoms with Gasteiger partial charge < -0.3 is 9.47 Å². The van der Waals surface area contributed by atoms with Crippen LogP contribution in [0.4, 0.5) is 4.79 Å². The molecule has 2 aromatic heterocycles. The molecule has 3 rings (SSSR count). The van der Waals surface area contributed by atoms with Crippen molar-refractivity contribution in [3.63, 3.8) is 0 Å². The Balaban J connectivity index is 1.91. The second kappa shape index (κ2) is 7.72. The normalized spacial score (nSPS) is 12.0. The summed E-state index contributed by atoms with van der Waals surface area (Å²) in [6.07, 6.45) is 0.567. The zero-order chi connectivity index (χ0) is 18.7. The number of aromatic nitrogens is 3. The Morgan fingerprint density at radius 3 is 2.73 bits per heavy atom. The van der Waals surface area contributed by atoms with E-state index in [2.05, 4.69) is 32.5 Å². The molecule has 1 aromatic carbocycles. The highest BCUT2D eigenvalue weighted by molar-refractivity contribution is 7.80. The fourth-order valence-electron chi connectivity index (χ4n) is 2.24. The van der Waals surface area contributed by atoms with Gasteiger partial charge in [0.25, 0.3) is 5.19 Å². The largest absolute Gasteiger partial charge is 0.451 e. The number of carbonyl (C=O) groups is 2. The van der Waals surface area contributed by atoms with Gasteiger partial charge >= 0.3 is 12.1 Å². The third-order valence-corrected chi connectivity index (χ3v) is 4.65. The summed E-state index contributed by atoms with van der Waals surface area (Å²) >= 11 is 5.52. The molecule has 0 saturated carbocycles. The minimum atomic E-state index is -1.25. The van der Waals surface area contributed by atoms with E-state index >= 15 is 0 Å². The Kier molecular flexibility index (Phi) is 5.40. The van der Waals surface area contributed by atoms with E-state index in [4.69, 9.17) is 9.57 Å². The van der Waals surface area contributed by atoms with Crippen molar-refractivity contribution < 1.29 is 23.9 Å². The Morgan fingerprint density at radius 1 is 1.31 bits per heavy atom. The highest BCUT2D eigenvalue weighted by Gasteiger charge is 2.36. The predicted octanol–water partition coefficient (Wildman–Crippen LogP) is 2.58. The molecule has 1 amide bonds. The number of hydroxylamine groups is 2. The molecule has 0 aliphatic carbocycles. The van der Waals surface area contributed by atoms with Gasteiger partial charge in [0.2, 0.25) is 6.04 Å². The van der Waals surface area contributed by atoms with Gasteiger partial charge in [-0.1, -0.05) is 17.4 Å². The molecule has 1 unspecified atom stereocenters. The van der Waals surface area contributed by atoms with Crippen molar-refractivity contribution in [3.8, 4) is 5.19 Å². The minimum absolute atomic E-state index is 0.122. The van der Waals surface area contributed by atoms with E-state index < -0.39 is 18.1 Å². The van der Waals surface area contributed by atoms with E-state index in [-0.39, 0.29) is 5.19 Å². The van der Waals surface area contributed by atoms with Gasteiger partial charge in [-0.25, -0.2) is 14.6 Å². The maximum Gasteiger partial charge on any atom is 0.434 e. The number of esters is 1. The van der Waals surface area contributed by atoms with E-state index in [0.717, 1.165) is 9.76 Å². The van der Waals surface area contributed by atoms with E-state index in [1.165, 1.54) is 37.8 Å². The van der Waals surface area contributed by atoms with Crippen LogP contribution in [0.25, 0.3) is 10.2 Å². The lowest BCUT2D eigenvalue weighted by molar-refractivity contribution is -0.169. The molecule has 1 atom stereocenters. The van der Waals surface area contributed by atoms with Crippen molar-refractivity contribution in [3.05, 3.63) is 36.2 Å². The summed E-state index contributed by atoms with van der Waals surface area (Å²) in [5, 5.41) is 7.28. The number of benzene rings is 1. The van der Waals surface area contributed by atoms with Gasteiger partial charge in [-0.15, -0.1) is 12.6 Å². The quantitative estimate of drug-likeness (QED) is 0.389. The number of carbonyl (C=O) groups excluding carboxylic acids is 2. The summed E-state index contributed by atoms with van der Waals surface area (Å²) in [5.74, 6) is -0.790. The molecular formula is C15H14N4O5S2. The lowest BCUT2D eigenvalue weighted by atomic mass is 10.2. The van der Waals surface area contributed by atoms with Crippen LogP contribution < -0.4 is 4.74 Å². The van der Waals surface area contributed by atoms with Gasteiger partial charge in [0.1, 0.15) is 0 Å². The first-order valence-corrected chi connectivity index (χ1v) is 8.52. The molecule has 0 aliphatic heterocycles. The smallest absolute Gasteiger partial charge is 0.434 e. The summed E-state index contributed by atoms with van der Waals surface area (Å²) in [6, 6.07) is 5.72. The molecule has 11 heteroatoms. The number of hydrogen-bond donors (Lipinski definition) is 2. The van der Waals surface area contributed by atoms with Crippen molar-refractivity contribution in [1.29, 1.82) is 0 Å². The average molecular weight is 394 g/mol. The van der Waals surface area contributed by atoms with Crippen LogP contribution in [0.5, 0.6) is 5.19 Å². The van der Waals surface area contributed by atoms with Gasteiger partial charge in [-0.2, -0.15) is 10.2 Å². The molecular weight excluding hydrogens is 380 g/mol. The minimum Gasteiger partial charge on any atom is -0.451 e. The van der Waals surface area contributed by atoms with Crippen LogP contribution in [-0.4, -0.2) is 46.5 Å². The topological polar surface area (TPSA) is 107 Å². The first kappa shape index (κ1) is 18.2. The number of methoxy groups -OCH3 is 1. The summed E-state index contributed by atoms with van der Waals surface area (Å²) in [4.78, 5) is 34.6. The SMILES string of the molecule is COC(=O)N(OC)C(C(=O)Oc1nc2c(S)cccc2s1)c1ccn[nH]1. The van der Waals surface area contributed by atoms with E-state index in [1.807, 2.05) is 12.1 Å². The van der Waals surface area contributed by atoms with E-state index in [9.17, 15) is 9.59 Å². The van der Waals surface area contributed by atoms with Gasteiger partial charge in [0.15, 0.2) is 0 Å². The number of aromatic amines is 1. The average Bonchev–Trinajstić information content (AvgIpc) is 3.28. The number of thiol groups is 1. The Labute approximate surface area is 157 Å². The summed E-state index contributed by atoms with van der Waals surface area (Å²) in [5.41, 5.74) is 0.913. The molecule has 0 spiro atoms. The third-order valence-electron chi connectivity index (χ3n) is 3.39. The van der Waals surface area contributed by atoms with Crippen LogP contribution in [0, 0.1) is 0 Å². The second-order valence-corrected chi connectivity index (χ2v) is 6.39. The predicted molar refractivity (Wildman–Crippen MR) is 95.1 cm³/mol. The van der Waals surface area contributed by atoms with Crippen molar-refractivity contribution in [2.45, 2.75) is 10.9 Å². The van der Waals surface area contributed by atoms with Crippen molar-refractivity contribution in [1.82, 2.24) is 20.2 Å². The lowest BCUT2D eigenvalue weighted by Gasteiger charge is -2.24. The van der Waals surface area contributed by atoms with Gasteiger partial charge in [-0.3, -0.25) is 9.94 Å². The third kappa shape index (κ3) is 3.49. The Hall–Kier alpha value is -2.63. The summed E-state index contributed by atoms with van der Waals surface area (Å²) in [6.45, 7) is 0. The van der Waals surface area contributed by atoms with E-state index in [0.29, 0.717) is 16.1 Å². The van der Waals surface area contributed by atoms with Crippen LogP contribution in [-0.2, 0) is 14.4 Å². The number of fused-ring (bicyclic) bond motifs is 1. The van der Waals surface area contributed by atoms with Gasteiger partial charge in [-0.05, 0) is 18.2 Å². The molecule has 9 nitrogen and oxygen atoms in total. The first-order chi connectivity index (χ1) is 12.5.